The third kappa shape index (κ3) is 2.71. The maximum atomic E-state index is 11.7. The van der Waals surface area contributed by atoms with Crippen molar-refractivity contribution in [3.05, 3.63) is 23.1 Å². The van der Waals surface area contributed by atoms with Crippen molar-refractivity contribution in [1.29, 1.82) is 0 Å². The Kier molecular flexibility index (Phi) is 2.74. The minimum absolute atomic E-state index is 0.0327. The molecule has 2 aromatic heterocycles. The number of carbonyl (C=O) groups is 1. The Labute approximate surface area is 103 Å². The van der Waals surface area contributed by atoms with Crippen molar-refractivity contribution in [2.45, 2.75) is 26.4 Å². The highest BCUT2D eigenvalue weighted by Crippen LogP contribution is 2.11. The maximum Gasteiger partial charge on any atom is 0.378 e. The molecule has 0 saturated heterocycles. The highest BCUT2D eigenvalue weighted by molar-refractivity contribution is 6.29. The van der Waals surface area contributed by atoms with Crippen LogP contribution in [0.5, 0.6) is 0 Å². The Bertz CT molecular complexity index is 573. The molecule has 2 heterocycles. The third-order valence-electron chi connectivity index (χ3n) is 1.76. The Balaban J connectivity index is 2.33. The van der Waals surface area contributed by atoms with Gasteiger partial charge < -0.3 is 4.74 Å². The molecule has 0 N–H and O–H groups in total. The number of hydrogen-bond acceptors (Lipinski definition) is 5. The van der Waals surface area contributed by atoms with Crippen molar-refractivity contribution in [3.8, 4) is 0 Å². The molecule has 0 aromatic carbocycles. The molecule has 2 aromatic rings. The van der Waals surface area contributed by atoms with Crippen LogP contribution in [0.4, 0.5) is 0 Å². The SMILES string of the molecule is CC(C)(C)OC(=O)c1nc2ccc(Cl)nn2n1. The number of aromatic nitrogens is 4. The van der Waals surface area contributed by atoms with E-state index in [4.69, 9.17) is 16.3 Å². The summed E-state index contributed by atoms with van der Waals surface area (Å²) in [5.41, 5.74) is -0.144. The Morgan fingerprint density at radius 1 is 1.35 bits per heavy atom. The zero-order valence-electron chi connectivity index (χ0n) is 9.64. The van der Waals surface area contributed by atoms with Gasteiger partial charge in [-0.05, 0) is 32.9 Å². The van der Waals surface area contributed by atoms with Crippen LogP contribution in [0.2, 0.25) is 5.15 Å². The van der Waals surface area contributed by atoms with Gasteiger partial charge in [0.25, 0.3) is 5.82 Å². The zero-order valence-corrected chi connectivity index (χ0v) is 10.4. The van der Waals surface area contributed by atoms with Crippen LogP contribution in [-0.4, -0.2) is 31.4 Å². The largest absolute Gasteiger partial charge is 0.454 e. The molecule has 0 aliphatic rings. The fraction of sp³-hybridized carbons (Fsp3) is 0.400. The minimum Gasteiger partial charge on any atom is -0.454 e. The van der Waals surface area contributed by atoms with Gasteiger partial charge in [-0.1, -0.05) is 11.6 Å². The van der Waals surface area contributed by atoms with Crippen molar-refractivity contribution in [3.63, 3.8) is 0 Å². The molecule has 0 fully saturated rings. The zero-order chi connectivity index (χ0) is 12.6. The molecule has 0 aliphatic carbocycles. The summed E-state index contributed by atoms with van der Waals surface area (Å²) in [5, 5.41) is 8.05. The molecule has 0 saturated carbocycles. The van der Waals surface area contributed by atoms with Gasteiger partial charge in [0.15, 0.2) is 10.8 Å². The van der Waals surface area contributed by atoms with Gasteiger partial charge in [-0.15, -0.1) is 14.8 Å². The molecule has 0 atom stereocenters. The average molecular weight is 255 g/mol. The van der Waals surface area contributed by atoms with Crippen molar-refractivity contribution in [2.24, 2.45) is 0 Å². The van der Waals surface area contributed by atoms with Crippen LogP contribution in [0.25, 0.3) is 5.65 Å². The lowest BCUT2D eigenvalue weighted by molar-refractivity contribution is 0.00558. The van der Waals surface area contributed by atoms with Gasteiger partial charge in [-0.25, -0.2) is 4.79 Å². The van der Waals surface area contributed by atoms with E-state index in [0.717, 1.165) is 0 Å². The lowest BCUT2D eigenvalue weighted by Crippen LogP contribution is -2.24. The first-order valence-corrected chi connectivity index (χ1v) is 5.36. The molecule has 0 spiro atoms. The van der Waals surface area contributed by atoms with Crippen molar-refractivity contribution >= 4 is 23.2 Å². The van der Waals surface area contributed by atoms with Crippen LogP contribution in [0, 0.1) is 0 Å². The van der Waals surface area contributed by atoms with Crippen molar-refractivity contribution in [2.75, 3.05) is 0 Å². The Hall–Kier alpha value is -1.69. The lowest BCUT2D eigenvalue weighted by Gasteiger charge is -2.17. The second kappa shape index (κ2) is 3.96. The predicted octanol–water partition coefficient (Wildman–Crippen LogP) is 1.73. The normalized spacial score (nSPS) is 11.8. The van der Waals surface area contributed by atoms with Crippen LogP contribution in [0.3, 0.4) is 0 Å². The quantitative estimate of drug-likeness (QED) is 0.725. The van der Waals surface area contributed by atoms with Gasteiger partial charge in [0.1, 0.15) is 5.60 Å². The van der Waals surface area contributed by atoms with Crippen molar-refractivity contribution < 1.29 is 9.53 Å². The maximum absolute atomic E-state index is 11.7. The van der Waals surface area contributed by atoms with Crippen LogP contribution in [0.1, 0.15) is 31.4 Å². The number of rotatable bonds is 1. The second-order valence-electron chi connectivity index (χ2n) is 4.44. The van der Waals surface area contributed by atoms with E-state index in [0.29, 0.717) is 5.65 Å². The Morgan fingerprint density at radius 3 is 2.71 bits per heavy atom. The van der Waals surface area contributed by atoms with E-state index in [2.05, 4.69) is 15.2 Å². The van der Waals surface area contributed by atoms with Crippen LogP contribution >= 0.6 is 11.6 Å². The second-order valence-corrected chi connectivity index (χ2v) is 4.83. The summed E-state index contributed by atoms with van der Waals surface area (Å²) in [5.74, 6) is -0.617. The highest BCUT2D eigenvalue weighted by atomic mass is 35.5. The molecule has 2 rings (SSSR count). The number of hydrogen-bond donors (Lipinski definition) is 0. The van der Waals surface area contributed by atoms with E-state index in [9.17, 15) is 4.79 Å². The van der Waals surface area contributed by atoms with Gasteiger partial charge in [0, 0.05) is 0 Å². The lowest BCUT2D eigenvalue weighted by atomic mass is 10.2. The molecular weight excluding hydrogens is 244 g/mol. The van der Waals surface area contributed by atoms with Crippen molar-refractivity contribution in [1.82, 2.24) is 19.8 Å². The number of nitrogens with zero attached hydrogens (tertiary/aromatic N) is 4. The molecule has 0 unspecified atom stereocenters. The molecule has 17 heavy (non-hydrogen) atoms. The minimum atomic E-state index is -0.584. The number of fused-ring (bicyclic) bond motifs is 1. The average Bonchev–Trinajstić information content (AvgIpc) is 2.57. The first-order chi connectivity index (χ1) is 7.85. The number of esters is 1. The summed E-state index contributed by atoms with van der Waals surface area (Å²) >= 11 is 5.70. The standard InChI is InChI=1S/C10H11ClN4O2/c1-10(2,3)17-9(16)8-12-7-5-4-6(11)13-15(7)14-8/h4-5H,1-3H3. The van der Waals surface area contributed by atoms with E-state index < -0.39 is 11.6 Å². The Morgan fingerprint density at radius 2 is 2.06 bits per heavy atom. The fourth-order valence-electron chi connectivity index (χ4n) is 1.17. The number of carbonyl (C=O) groups excluding carboxylic acids is 1. The summed E-state index contributed by atoms with van der Waals surface area (Å²) in [7, 11) is 0. The van der Waals surface area contributed by atoms with E-state index in [-0.39, 0.29) is 11.0 Å². The summed E-state index contributed by atoms with van der Waals surface area (Å²) in [6, 6.07) is 3.20. The molecule has 90 valence electrons. The first kappa shape index (κ1) is 11.8. The van der Waals surface area contributed by atoms with Crippen LogP contribution in [0.15, 0.2) is 12.1 Å². The van der Waals surface area contributed by atoms with E-state index in [1.807, 2.05) is 0 Å². The van der Waals surface area contributed by atoms with Gasteiger partial charge in [0.05, 0.1) is 0 Å². The molecule has 7 heteroatoms. The summed E-state index contributed by atoms with van der Waals surface area (Å²) in [6.07, 6.45) is 0. The smallest absolute Gasteiger partial charge is 0.378 e. The van der Waals surface area contributed by atoms with E-state index in [1.54, 1.807) is 32.9 Å². The van der Waals surface area contributed by atoms with Crippen LogP contribution < -0.4 is 0 Å². The van der Waals surface area contributed by atoms with Gasteiger partial charge in [0.2, 0.25) is 0 Å². The third-order valence-corrected chi connectivity index (χ3v) is 1.96. The van der Waals surface area contributed by atoms with Crippen LogP contribution in [-0.2, 0) is 4.74 Å². The molecule has 0 aliphatic heterocycles. The van der Waals surface area contributed by atoms with E-state index >= 15 is 0 Å². The summed E-state index contributed by atoms with van der Waals surface area (Å²) < 4.78 is 6.34. The predicted molar refractivity (Wildman–Crippen MR) is 61.0 cm³/mol. The summed E-state index contributed by atoms with van der Waals surface area (Å²) in [6.45, 7) is 5.32. The van der Waals surface area contributed by atoms with E-state index in [1.165, 1.54) is 4.63 Å². The number of halogens is 1. The fourth-order valence-corrected chi connectivity index (χ4v) is 1.31. The monoisotopic (exact) mass is 254 g/mol. The highest BCUT2D eigenvalue weighted by Gasteiger charge is 2.21. The molecule has 6 nitrogen and oxygen atoms in total. The molecule has 0 bridgehead atoms. The number of ether oxygens (including phenoxy) is 1. The topological polar surface area (TPSA) is 69.4 Å². The van der Waals surface area contributed by atoms with Gasteiger partial charge in [-0.3, -0.25) is 0 Å². The summed E-state index contributed by atoms with van der Waals surface area (Å²) in [4.78, 5) is 15.7. The van der Waals surface area contributed by atoms with Gasteiger partial charge >= 0.3 is 5.97 Å². The molecular formula is C10H11ClN4O2. The molecule has 0 radical (unpaired) electrons. The molecule has 0 amide bonds. The first-order valence-electron chi connectivity index (χ1n) is 4.98. The van der Waals surface area contributed by atoms with Gasteiger partial charge in [-0.2, -0.15) is 4.98 Å².